The number of ether oxygens (including phenoxy) is 2. The third kappa shape index (κ3) is 4.45. The molecule has 204 valence electrons. The van der Waals surface area contributed by atoms with Gasteiger partial charge in [-0.1, -0.05) is 50.2 Å². The number of rotatable bonds is 6. The molecule has 3 nitrogen and oxygen atoms in total. The van der Waals surface area contributed by atoms with Gasteiger partial charge in [0.1, 0.15) is 6.10 Å². The van der Waals surface area contributed by atoms with Crippen molar-refractivity contribution in [3.63, 3.8) is 0 Å². The highest BCUT2D eigenvalue weighted by molar-refractivity contribution is 6.08. The molecule has 2 aliphatic rings. The van der Waals surface area contributed by atoms with Crippen LogP contribution in [0.3, 0.4) is 0 Å². The molecule has 0 aliphatic heterocycles. The van der Waals surface area contributed by atoms with Gasteiger partial charge in [0.25, 0.3) is 0 Å². The lowest BCUT2D eigenvalue weighted by Crippen LogP contribution is -2.36. The average molecular weight is 531 g/mol. The zero-order valence-corrected chi connectivity index (χ0v) is 23.9. The Bertz CT molecular complexity index is 1770. The van der Waals surface area contributed by atoms with Crippen molar-refractivity contribution >= 4 is 49.1 Å². The summed E-state index contributed by atoms with van der Waals surface area (Å²) in [6.07, 6.45) is 4.12. The van der Waals surface area contributed by atoms with E-state index < -0.39 is 5.60 Å². The van der Waals surface area contributed by atoms with Crippen LogP contribution in [0.1, 0.15) is 58.9 Å². The summed E-state index contributed by atoms with van der Waals surface area (Å²) < 4.78 is 12.7. The minimum absolute atomic E-state index is 0.0197. The van der Waals surface area contributed by atoms with E-state index in [1.807, 2.05) is 13.8 Å². The van der Waals surface area contributed by atoms with Crippen LogP contribution in [-0.2, 0) is 19.9 Å². The molecule has 0 spiro atoms. The Hall–Kier alpha value is -3.43. The van der Waals surface area contributed by atoms with Crippen molar-refractivity contribution in [1.82, 2.24) is 0 Å². The number of benzene rings is 5. The Morgan fingerprint density at radius 2 is 1.23 bits per heavy atom. The molecule has 5 atom stereocenters. The molecule has 7 rings (SSSR count). The van der Waals surface area contributed by atoms with Gasteiger partial charge >= 0.3 is 5.97 Å². The van der Waals surface area contributed by atoms with E-state index in [4.69, 9.17) is 9.47 Å². The first-order valence-corrected chi connectivity index (χ1v) is 15.0. The van der Waals surface area contributed by atoms with Crippen LogP contribution >= 0.6 is 0 Å². The fourth-order valence-electron chi connectivity index (χ4n) is 7.16. The Labute approximate surface area is 236 Å². The van der Waals surface area contributed by atoms with Crippen LogP contribution in [0.4, 0.5) is 0 Å². The molecule has 0 aromatic heterocycles. The highest BCUT2D eigenvalue weighted by atomic mass is 16.5. The van der Waals surface area contributed by atoms with Crippen LogP contribution in [0, 0.1) is 17.8 Å². The molecule has 2 fully saturated rings. The smallest absolute Gasteiger partial charge is 0.308 e. The van der Waals surface area contributed by atoms with Crippen LogP contribution in [-0.4, -0.2) is 18.2 Å². The molecule has 5 aromatic rings. The van der Waals surface area contributed by atoms with Gasteiger partial charge in [-0.3, -0.25) is 4.79 Å². The molecule has 2 saturated carbocycles. The van der Waals surface area contributed by atoms with Crippen molar-refractivity contribution in [2.45, 2.75) is 71.2 Å². The van der Waals surface area contributed by atoms with E-state index >= 15 is 0 Å². The van der Waals surface area contributed by atoms with Gasteiger partial charge in [-0.25, -0.2) is 0 Å². The van der Waals surface area contributed by atoms with Crippen molar-refractivity contribution in [2.75, 3.05) is 0 Å². The van der Waals surface area contributed by atoms with Gasteiger partial charge in [-0.2, -0.15) is 0 Å². The van der Waals surface area contributed by atoms with Gasteiger partial charge in [-0.15, -0.1) is 0 Å². The molecule has 3 heteroatoms. The maximum atomic E-state index is 12.4. The number of carbonyl (C=O) groups is 1. The molecule has 0 heterocycles. The highest BCUT2D eigenvalue weighted by Gasteiger charge is 2.49. The van der Waals surface area contributed by atoms with Crippen LogP contribution in [0.2, 0.25) is 0 Å². The topological polar surface area (TPSA) is 35.5 Å². The molecule has 2 bridgehead atoms. The number of fused-ring (bicyclic) bond motifs is 6. The van der Waals surface area contributed by atoms with Gasteiger partial charge in [0.15, 0.2) is 0 Å². The fraction of sp³-hybridized carbons (Fsp3) is 0.378. The van der Waals surface area contributed by atoms with E-state index in [-0.39, 0.29) is 24.1 Å². The number of hydrogen-bond donors (Lipinski definition) is 0. The van der Waals surface area contributed by atoms with E-state index in [2.05, 4.69) is 92.7 Å². The van der Waals surface area contributed by atoms with Crippen molar-refractivity contribution < 1.29 is 14.3 Å². The molecule has 5 unspecified atom stereocenters. The zero-order valence-electron chi connectivity index (χ0n) is 23.9. The maximum absolute atomic E-state index is 12.4. The number of esters is 1. The minimum atomic E-state index is -0.399. The number of carbonyl (C=O) groups excluding carboxylic acids is 1. The van der Waals surface area contributed by atoms with Gasteiger partial charge in [0.05, 0.1) is 17.6 Å². The maximum Gasteiger partial charge on any atom is 0.308 e. The largest absolute Gasteiger partial charge is 0.462 e. The van der Waals surface area contributed by atoms with Crippen molar-refractivity contribution in [1.29, 1.82) is 0 Å². The van der Waals surface area contributed by atoms with Crippen molar-refractivity contribution in [3.8, 4) is 0 Å². The first kappa shape index (κ1) is 25.5. The lowest BCUT2D eigenvalue weighted by atomic mass is 9.91. The van der Waals surface area contributed by atoms with E-state index in [1.54, 1.807) is 0 Å². The number of hydrogen-bond acceptors (Lipinski definition) is 3. The summed E-state index contributed by atoms with van der Waals surface area (Å²) in [7, 11) is 0. The fourth-order valence-corrected chi connectivity index (χ4v) is 7.16. The lowest BCUT2D eigenvalue weighted by molar-refractivity contribution is -0.160. The molecule has 40 heavy (non-hydrogen) atoms. The van der Waals surface area contributed by atoms with Crippen molar-refractivity contribution in [2.24, 2.45) is 17.8 Å². The summed E-state index contributed by atoms with van der Waals surface area (Å²) in [5.74, 6) is 0.832. The monoisotopic (exact) mass is 530 g/mol. The quantitative estimate of drug-likeness (QED) is 0.162. The Kier molecular flexibility index (Phi) is 6.12. The molecule has 0 saturated heterocycles. The van der Waals surface area contributed by atoms with E-state index in [0.717, 1.165) is 25.7 Å². The standard InChI is InChI=1S/C37H38O3/c1-5-22(2)36(38)39-34-20-32-18-31(34)21-35(32)40-37(3,4)33-11-10-25-14-28-15-26-12-23-8-6-7-9-24(23)13-27(26)16-29(28)17-30(25)19-33/h6-17,19,22,31-32,34-35H,5,18,20-21H2,1-4H3. The van der Waals surface area contributed by atoms with Crippen LogP contribution in [0.25, 0.3) is 43.1 Å². The van der Waals surface area contributed by atoms with E-state index in [1.165, 1.54) is 48.7 Å². The molecule has 5 aromatic carbocycles. The second-order valence-corrected chi connectivity index (χ2v) is 12.8. The molecule has 0 amide bonds. The Morgan fingerprint density at radius 3 is 1.77 bits per heavy atom. The molecule has 0 N–H and O–H groups in total. The summed E-state index contributed by atoms with van der Waals surface area (Å²) in [6.45, 7) is 8.39. The van der Waals surface area contributed by atoms with Gasteiger partial charge < -0.3 is 9.47 Å². The van der Waals surface area contributed by atoms with Crippen LogP contribution < -0.4 is 0 Å². The molecular formula is C37H38O3. The van der Waals surface area contributed by atoms with Gasteiger partial charge in [-0.05, 0) is 142 Å². The van der Waals surface area contributed by atoms with Gasteiger partial charge in [0.2, 0.25) is 0 Å². The summed E-state index contributed by atoms with van der Waals surface area (Å²) in [5.41, 5.74) is 0.803. The summed E-state index contributed by atoms with van der Waals surface area (Å²) >= 11 is 0. The second-order valence-electron chi connectivity index (χ2n) is 12.8. The van der Waals surface area contributed by atoms with Gasteiger partial charge in [0, 0.05) is 0 Å². The molecular weight excluding hydrogens is 492 g/mol. The Morgan fingerprint density at radius 1 is 0.725 bits per heavy atom. The van der Waals surface area contributed by atoms with Crippen LogP contribution in [0.15, 0.2) is 78.9 Å². The average Bonchev–Trinajstić information content (AvgIpc) is 3.52. The third-order valence-electron chi connectivity index (χ3n) is 9.77. The first-order chi connectivity index (χ1) is 19.3. The van der Waals surface area contributed by atoms with E-state index in [0.29, 0.717) is 11.8 Å². The van der Waals surface area contributed by atoms with Crippen molar-refractivity contribution in [3.05, 3.63) is 84.4 Å². The summed E-state index contributed by atoms with van der Waals surface area (Å²) in [6, 6.07) is 29.2. The normalized spacial score (nSPS) is 23.4. The molecule has 2 aliphatic carbocycles. The minimum Gasteiger partial charge on any atom is -0.462 e. The third-order valence-corrected chi connectivity index (χ3v) is 9.77. The zero-order chi connectivity index (χ0) is 27.6. The summed E-state index contributed by atoms with van der Waals surface area (Å²) in [4.78, 5) is 12.4. The highest BCUT2D eigenvalue weighted by Crippen LogP contribution is 2.49. The van der Waals surface area contributed by atoms with E-state index in [9.17, 15) is 4.79 Å². The lowest BCUT2D eigenvalue weighted by Gasteiger charge is -2.35. The predicted octanol–water partition coefficient (Wildman–Crippen LogP) is 9.31. The molecule has 0 radical (unpaired) electrons. The Balaban J connectivity index is 1.13. The second kappa shape index (κ2) is 9.59. The summed E-state index contributed by atoms with van der Waals surface area (Å²) in [5, 5.41) is 10.1. The SMILES string of the molecule is CCC(C)C(=O)OC1CC2CC1CC2OC(C)(C)c1ccc2cc3cc4cc5ccccc5cc4cc3cc2c1. The predicted molar refractivity (Wildman–Crippen MR) is 165 cm³/mol. The first-order valence-electron chi connectivity index (χ1n) is 15.0. The van der Waals surface area contributed by atoms with Crippen LogP contribution in [0.5, 0.6) is 0 Å².